The van der Waals surface area contributed by atoms with Crippen LogP contribution in [0.1, 0.15) is 24.0 Å². The van der Waals surface area contributed by atoms with Gasteiger partial charge in [0.05, 0.1) is 25.5 Å². The van der Waals surface area contributed by atoms with E-state index in [1.54, 1.807) is 14.2 Å². The number of carbonyl (C=O) groups excluding carboxylic acids is 1. The van der Waals surface area contributed by atoms with Crippen LogP contribution in [0.25, 0.3) is 21.8 Å². The Bertz CT molecular complexity index is 1480. The summed E-state index contributed by atoms with van der Waals surface area (Å²) in [4.78, 5) is 13.0. The number of rotatable bonds is 4. The second-order valence-corrected chi connectivity index (χ2v) is 8.29. The predicted molar refractivity (Wildman–Crippen MR) is 128 cm³/mol. The Morgan fingerprint density at radius 2 is 1.88 bits per heavy atom. The van der Waals surface area contributed by atoms with E-state index in [4.69, 9.17) is 14.2 Å². The quantitative estimate of drug-likeness (QED) is 0.442. The molecule has 2 aliphatic heterocycles. The van der Waals surface area contributed by atoms with Crippen molar-refractivity contribution in [2.75, 3.05) is 26.1 Å². The molecule has 33 heavy (non-hydrogen) atoms. The third-order valence-electron chi connectivity index (χ3n) is 6.79. The summed E-state index contributed by atoms with van der Waals surface area (Å²) < 4.78 is 19.2. The van der Waals surface area contributed by atoms with Gasteiger partial charge in [0.25, 0.3) is 0 Å². The van der Waals surface area contributed by atoms with Crippen molar-refractivity contribution in [2.24, 2.45) is 0 Å². The van der Waals surface area contributed by atoms with E-state index in [2.05, 4.69) is 53.2 Å². The fraction of sp³-hybridized carbons (Fsp3) is 0.222. The average Bonchev–Trinajstić information content (AvgIpc) is 3.39. The number of methoxy groups -OCH3 is 2. The van der Waals surface area contributed by atoms with Crippen LogP contribution in [0.15, 0.2) is 65.9 Å². The summed E-state index contributed by atoms with van der Waals surface area (Å²) in [6, 6.07) is 18.5. The predicted octanol–water partition coefficient (Wildman–Crippen LogP) is 5.20. The summed E-state index contributed by atoms with van der Waals surface area (Å²) in [7, 11) is 3.26. The molecule has 1 N–H and O–H groups in total. The van der Waals surface area contributed by atoms with Crippen LogP contribution in [-0.4, -0.2) is 31.4 Å². The molecule has 6 heteroatoms. The molecule has 3 heterocycles. The van der Waals surface area contributed by atoms with E-state index < -0.39 is 0 Å². The summed E-state index contributed by atoms with van der Waals surface area (Å²) >= 11 is 0. The maximum atomic E-state index is 13.0. The van der Waals surface area contributed by atoms with Crippen LogP contribution < -0.4 is 14.8 Å². The Morgan fingerprint density at radius 1 is 1.03 bits per heavy atom. The minimum absolute atomic E-state index is 0.241. The van der Waals surface area contributed by atoms with Gasteiger partial charge < -0.3 is 24.1 Å². The van der Waals surface area contributed by atoms with Crippen LogP contribution >= 0.6 is 0 Å². The Kier molecular flexibility index (Phi) is 4.37. The highest BCUT2D eigenvalue weighted by atomic mass is 16.5. The number of hydrogen-bond acceptors (Lipinski definition) is 5. The molecule has 0 radical (unpaired) electrons. The molecule has 1 unspecified atom stereocenters. The van der Waals surface area contributed by atoms with Crippen LogP contribution in [-0.2, 0) is 16.1 Å². The lowest BCUT2D eigenvalue weighted by atomic mass is 9.78. The normalized spacial score (nSPS) is 17.1. The van der Waals surface area contributed by atoms with Gasteiger partial charge in [0.2, 0.25) is 0 Å². The number of para-hydroxylation sites is 2. The van der Waals surface area contributed by atoms with Crippen molar-refractivity contribution in [3.05, 3.63) is 77.0 Å². The Morgan fingerprint density at radius 3 is 2.67 bits per heavy atom. The summed E-state index contributed by atoms with van der Waals surface area (Å²) in [6.07, 6.45) is 0. The lowest BCUT2D eigenvalue weighted by Gasteiger charge is -2.29. The highest BCUT2D eigenvalue weighted by Gasteiger charge is 2.41. The van der Waals surface area contributed by atoms with Crippen molar-refractivity contribution in [3.63, 3.8) is 0 Å². The van der Waals surface area contributed by atoms with Crippen LogP contribution in [0.5, 0.6) is 11.5 Å². The number of esters is 1. The maximum Gasteiger partial charge on any atom is 0.337 e. The molecule has 4 aromatic rings. The van der Waals surface area contributed by atoms with Gasteiger partial charge in [-0.2, -0.15) is 0 Å². The molecule has 0 bridgehead atoms. The fourth-order valence-corrected chi connectivity index (χ4v) is 5.48. The summed E-state index contributed by atoms with van der Waals surface area (Å²) in [5, 5.41) is 5.79. The van der Waals surface area contributed by atoms with Crippen molar-refractivity contribution in [2.45, 2.75) is 19.4 Å². The number of anilines is 1. The van der Waals surface area contributed by atoms with Crippen molar-refractivity contribution in [1.82, 2.24) is 4.57 Å². The number of aryl methyl sites for hydroxylation is 1. The van der Waals surface area contributed by atoms with Gasteiger partial charge in [-0.25, -0.2) is 4.79 Å². The number of nitrogens with zero attached hydrogens (tertiary/aromatic N) is 1. The van der Waals surface area contributed by atoms with Gasteiger partial charge in [-0.15, -0.1) is 0 Å². The monoisotopic (exact) mass is 440 g/mol. The van der Waals surface area contributed by atoms with Crippen LogP contribution in [0, 0.1) is 0 Å². The molecule has 0 aliphatic carbocycles. The second-order valence-electron chi connectivity index (χ2n) is 8.29. The first-order chi connectivity index (χ1) is 16.2. The van der Waals surface area contributed by atoms with Gasteiger partial charge >= 0.3 is 5.97 Å². The number of carbonyl (C=O) groups is 1. The maximum absolute atomic E-state index is 13.0. The third-order valence-corrected chi connectivity index (χ3v) is 6.79. The molecule has 0 spiro atoms. The van der Waals surface area contributed by atoms with Crippen LogP contribution in [0.4, 0.5) is 5.69 Å². The van der Waals surface area contributed by atoms with Gasteiger partial charge in [0, 0.05) is 45.5 Å². The topological polar surface area (TPSA) is 61.7 Å². The summed E-state index contributed by atoms with van der Waals surface area (Å²) in [5.41, 5.74) is 6.67. The third kappa shape index (κ3) is 2.64. The molecule has 1 atom stereocenters. The molecule has 0 amide bonds. The highest BCUT2D eigenvalue weighted by molar-refractivity contribution is 6.13. The average molecular weight is 440 g/mol. The molecular weight excluding hydrogens is 416 g/mol. The number of nitrogens with one attached hydrogen (secondary N) is 1. The molecule has 0 saturated carbocycles. The van der Waals surface area contributed by atoms with Crippen molar-refractivity contribution in [1.29, 1.82) is 0 Å². The molecule has 6 nitrogen and oxygen atoms in total. The number of ether oxygens (including phenoxy) is 3. The fourth-order valence-electron chi connectivity index (χ4n) is 5.48. The van der Waals surface area contributed by atoms with E-state index in [0.29, 0.717) is 17.1 Å². The molecule has 1 aromatic heterocycles. The zero-order valence-corrected chi connectivity index (χ0v) is 18.8. The van der Waals surface area contributed by atoms with Crippen molar-refractivity contribution in [3.8, 4) is 11.5 Å². The largest absolute Gasteiger partial charge is 0.493 e. The SMILES string of the molecule is CCn1c2ccccc2c2c3c(ccc21)NC1=C(C(=O)OC1)C3c1cccc(OC)c1OC. The first-order valence-electron chi connectivity index (χ1n) is 11.1. The lowest BCUT2D eigenvalue weighted by molar-refractivity contribution is -0.136. The van der Waals surface area contributed by atoms with E-state index in [1.165, 1.54) is 5.52 Å². The van der Waals surface area contributed by atoms with Crippen LogP contribution in [0.3, 0.4) is 0 Å². The van der Waals surface area contributed by atoms with Gasteiger partial charge in [-0.3, -0.25) is 0 Å². The Balaban J connectivity index is 1.76. The molecule has 3 aromatic carbocycles. The number of benzene rings is 3. The zero-order valence-electron chi connectivity index (χ0n) is 18.8. The van der Waals surface area contributed by atoms with E-state index in [1.807, 2.05) is 18.2 Å². The zero-order chi connectivity index (χ0) is 22.7. The smallest absolute Gasteiger partial charge is 0.337 e. The van der Waals surface area contributed by atoms with E-state index in [0.717, 1.165) is 45.3 Å². The molecule has 2 aliphatic rings. The summed E-state index contributed by atoms with van der Waals surface area (Å²) in [6.45, 7) is 3.24. The van der Waals surface area contributed by atoms with Gasteiger partial charge in [0.1, 0.15) is 6.61 Å². The number of fused-ring (bicyclic) bond motifs is 5. The minimum atomic E-state index is -0.351. The lowest BCUT2D eigenvalue weighted by Crippen LogP contribution is -2.20. The first kappa shape index (κ1) is 19.7. The van der Waals surface area contributed by atoms with Crippen LogP contribution in [0.2, 0.25) is 0 Å². The van der Waals surface area contributed by atoms with Gasteiger partial charge in [-0.05, 0) is 36.8 Å². The second kappa shape index (κ2) is 7.30. The first-order valence-corrected chi connectivity index (χ1v) is 11.1. The molecule has 0 saturated heterocycles. The number of hydrogen-bond donors (Lipinski definition) is 1. The minimum Gasteiger partial charge on any atom is -0.493 e. The molecular formula is C27H24N2O4. The number of aromatic nitrogens is 1. The number of cyclic esters (lactones) is 1. The standard InChI is InChI=1S/C27H24N2O4/c1-4-29-19-10-6-5-8-15(19)22-20(29)13-12-17-24(22)23(25-18(28-17)14-33-27(25)30)16-9-7-11-21(31-2)26(16)32-3/h5-13,23,28H,4,14H2,1-3H3. The van der Waals surface area contributed by atoms with Crippen molar-refractivity contribution >= 4 is 33.5 Å². The van der Waals surface area contributed by atoms with E-state index >= 15 is 0 Å². The van der Waals surface area contributed by atoms with Gasteiger partial charge in [-0.1, -0.05) is 30.3 Å². The van der Waals surface area contributed by atoms with E-state index in [-0.39, 0.29) is 18.5 Å². The van der Waals surface area contributed by atoms with E-state index in [9.17, 15) is 4.79 Å². The molecule has 166 valence electrons. The van der Waals surface area contributed by atoms with Crippen molar-refractivity contribution < 1.29 is 19.0 Å². The summed E-state index contributed by atoms with van der Waals surface area (Å²) in [5.74, 6) is 0.609. The Hall–Kier alpha value is -3.93. The van der Waals surface area contributed by atoms with Gasteiger partial charge in [0.15, 0.2) is 11.5 Å². The Labute approximate surface area is 191 Å². The highest BCUT2D eigenvalue weighted by Crippen LogP contribution is 2.52. The molecule has 0 fully saturated rings. The molecule has 6 rings (SSSR count).